The van der Waals surface area contributed by atoms with Gasteiger partial charge in [-0.2, -0.15) is 0 Å². The lowest BCUT2D eigenvalue weighted by Gasteiger charge is -2.15. The van der Waals surface area contributed by atoms with Gasteiger partial charge in [0.1, 0.15) is 6.54 Å². The molecule has 1 heterocycles. The lowest BCUT2D eigenvalue weighted by Crippen LogP contribution is -2.30. The maximum absolute atomic E-state index is 12.5. The number of carbonyl (C=O) groups excluding carboxylic acids is 1. The lowest BCUT2D eigenvalue weighted by atomic mass is 10.1. The summed E-state index contributed by atoms with van der Waals surface area (Å²) in [4.78, 5) is 29.4. The van der Waals surface area contributed by atoms with E-state index in [1.165, 1.54) is 16.2 Å². The summed E-state index contributed by atoms with van der Waals surface area (Å²) in [6.07, 6.45) is 0. The summed E-state index contributed by atoms with van der Waals surface area (Å²) >= 11 is 5.94. The normalized spacial score (nSPS) is 10.6. The average Bonchev–Trinajstić information content (AvgIpc) is 2.61. The number of carbonyl (C=O) groups is 1. The van der Waals surface area contributed by atoms with Crippen molar-refractivity contribution in [1.29, 1.82) is 0 Å². The number of aromatic nitrogens is 2. The van der Waals surface area contributed by atoms with Crippen LogP contribution in [0.1, 0.15) is 16.8 Å². The van der Waals surface area contributed by atoms with Crippen molar-refractivity contribution in [2.45, 2.75) is 27.3 Å². The Morgan fingerprint density at radius 3 is 2.54 bits per heavy atom. The highest BCUT2D eigenvalue weighted by molar-refractivity contribution is 6.30. The summed E-state index contributed by atoms with van der Waals surface area (Å²) < 4.78 is 1.31. The summed E-state index contributed by atoms with van der Waals surface area (Å²) in [7, 11) is 0. The third kappa shape index (κ3) is 4.78. The zero-order valence-electron chi connectivity index (χ0n) is 15.9. The summed E-state index contributed by atoms with van der Waals surface area (Å²) in [5.41, 5.74) is 3.91. The maximum Gasteiger partial charge on any atom is 0.255 e. The highest BCUT2D eigenvalue weighted by atomic mass is 35.5. The van der Waals surface area contributed by atoms with E-state index in [1.807, 2.05) is 32.0 Å². The molecule has 0 bridgehead atoms. The molecule has 0 radical (unpaired) electrons. The van der Waals surface area contributed by atoms with Gasteiger partial charge in [0.15, 0.2) is 0 Å². The Bertz CT molecular complexity index is 1090. The molecular formula is C21H21ClN4O2. The molecule has 0 atom stereocenters. The molecule has 2 aromatic carbocycles. The second-order valence-electron chi connectivity index (χ2n) is 6.63. The van der Waals surface area contributed by atoms with Crippen molar-refractivity contribution in [2.75, 3.05) is 10.6 Å². The van der Waals surface area contributed by atoms with E-state index >= 15 is 0 Å². The molecule has 7 heteroatoms. The van der Waals surface area contributed by atoms with Gasteiger partial charge in [-0.1, -0.05) is 23.7 Å². The van der Waals surface area contributed by atoms with Crippen LogP contribution in [0.15, 0.2) is 53.3 Å². The van der Waals surface area contributed by atoms with E-state index in [4.69, 9.17) is 11.6 Å². The summed E-state index contributed by atoms with van der Waals surface area (Å²) in [5, 5.41) is 6.41. The average molecular weight is 397 g/mol. The number of rotatable bonds is 5. The molecule has 3 rings (SSSR count). The molecule has 0 saturated carbocycles. The Morgan fingerprint density at radius 1 is 1.04 bits per heavy atom. The van der Waals surface area contributed by atoms with Gasteiger partial charge in [-0.05, 0) is 62.2 Å². The van der Waals surface area contributed by atoms with Gasteiger partial charge in [0, 0.05) is 28.2 Å². The summed E-state index contributed by atoms with van der Waals surface area (Å²) in [6.45, 7) is 5.60. The van der Waals surface area contributed by atoms with Gasteiger partial charge in [0.25, 0.3) is 5.56 Å². The molecule has 0 spiro atoms. The molecule has 0 aliphatic rings. The zero-order valence-corrected chi connectivity index (χ0v) is 16.7. The van der Waals surface area contributed by atoms with Crippen LogP contribution in [-0.2, 0) is 11.3 Å². The number of hydrogen-bond donors (Lipinski definition) is 2. The first-order valence-corrected chi connectivity index (χ1v) is 9.18. The molecule has 144 valence electrons. The van der Waals surface area contributed by atoms with Crippen molar-refractivity contribution in [3.05, 3.63) is 80.7 Å². The van der Waals surface area contributed by atoms with Gasteiger partial charge >= 0.3 is 0 Å². The minimum absolute atomic E-state index is 0.175. The smallest absolute Gasteiger partial charge is 0.255 e. The Labute approximate surface area is 168 Å². The van der Waals surface area contributed by atoms with Crippen LogP contribution in [0, 0.1) is 20.8 Å². The van der Waals surface area contributed by atoms with Gasteiger partial charge in [-0.25, -0.2) is 4.98 Å². The van der Waals surface area contributed by atoms with E-state index in [0.29, 0.717) is 22.4 Å². The third-order valence-corrected chi connectivity index (χ3v) is 4.54. The van der Waals surface area contributed by atoms with Gasteiger partial charge in [-0.15, -0.1) is 0 Å². The van der Waals surface area contributed by atoms with Crippen molar-refractivity contribution in [3.63, 3.8) is 0 Å². The summed E-state index contributed by atoms with van der Waals surface area (Å²) in [6, 6.07) is 14.1. The second-order valence-corrected chi connectivity index (χ2v) is 7.06. The van der Waals surface area contributed by atoms with Crippen LogP contribution in [0.5, 0.6) is 0 Å². The summed E-state index contributed by atoms with van der Waals surface area (Å²) in [5.74, 6) is -0.0346. The monoisotopic (exact) mass is 396 g/mol. The number of anilines is 3. The maximum atomic E-state index is 12.5. The molecule has 0 fully saturated rings. The van der Waals surface area contributed by atoms with Crippen molar-refractivity contribution < 1.29 is 4.79 Å². The van der Waals surface area contributed by atoms with E-state index in [9.17, 15) is 9.59 Å². The number of benzene rings is 2. The van der Waals surface area contributed by atoms with E-state index in [0.717, 1.165) is 11.3 Å². The first-order valence-electron chi connectivity index (χ1n) is 8.80. The predicted octanol–water partition coefficient (Wildman–Crippen LogP) is 4.20. The van der Waals surface area contributed by atoms with E-state index in [2.05, 4.69) is 15.6 Å². The standard InChI is InChI=1S/C21H21ClN4O2/c1-13-7-8-18(9-14(13)2)25-21-23-15(3)10-20(28)26(21)12-19(27)24-17-6-4-5-16(22)11-17/h4-11H,12H2,1-3H3,(H,23,25)(H,24,27). The number of amides is 1. The number of aryl methyl sites for hydroxylation is 3. The highest BCUT2D eigenvalue weighted by Crippen LogP contribution is 2.19. The number of halogens is 1. The molecule has 0 saturated heterocycles. The second kappa shape index (κ2) is 8.27. The molecule has 3 aromatic rings. The third-order valence-electron chi connectivity index (χ3n) is 4.31. The fraction of sp³-hybridized carbons (Fsp3) is 0.190. The fourth-order valence-electron chi connectivity index (χ4n) is 2.73. The van der Waals surface area contributed by atoms with Crippen molar-refractivity contribution in [2.24, 2.45) is 0 Å². The van der Waals surface area contributed by atoms with Crippen molar-refractivity contribution in [3.8, 4) is 0 Å². The van der Waals surface area contributed by atoms with Gasteiger partial charge in [-0.3, -0.25) is 14.2 Å². The van der Waals surface area contributed by atoms with Crippen molar-refractivity contribution >= 4 is 34.8 Å². The van der Waals surface area contributed by atoms with Crippen LogP contribution in [0.2, 0.25) is 5.02 Å². The molecule has 28 heavy (non-hydrogen) atoms. The van der Waals surface area contributed by atoms with E-state index in [-0.39, 0.29) is 18.0 Å². The number of nitrogens with one attached hydrogen (secondary N) is 2. The number of nitrogens with zero attached hydrogens (tertiary/aromatic N) is 2. The molecule has 1 aromatic heterocycles. The minimum Gasteiger partial charge on any atom is -0.326 e. The molecule has 6 nitrogen and oxygen atoms in total. The lowest BCUT2D eigenvalue weighted by molar-refractivity contribution is -0.116. The van der Waals surface area contributed by atoms with Gasteiger partial charge in [0.05, 0.1) is 0 Å². The zero-order chi connectivity index (χ0) is 20.3. The highest BCUT2D eigenvalue weighted by Gasteiger charge is 2.12. The topological polar surface area (TPSA) is 76.0 Å². The SMILES string of the molecule is Cc1cc(=O)n(CC(=O)Nc2cccc(Cl)c2)c(Nc2ccc(C)c(C)c2)n1. The Balaban J connectivity index is 1.86. The molecule has 0 unspecified atom stereocenters. The molecule has 0 aliphatic heterocycles. The minimum atomic E-state index is -0.349. The Morgan fingerprint density at radius 2 is 1.82 bits per heavy atom. The van der Waals surface area contributed by atoms with Gasteiger partial charge in [0.2, 0.25) is 11.9 Å². The van der Waals surface area contributed by atoms with Crippen LogP contribution >= 0.6 is 11.6 Å². The predicted molar refractivity (Wildman–Crippen MR) is 113 cm³/mol. The van der Waals surface area contributed by atoms with Crippen LogP contribution in [0.25, 0.3) is 0 Å². The first-order chi connectivity index (χ1) is 13.3. The van der Waals surface area contributed by atoms with E-state index < -0.39 is 0 Å². The van der Waals surface area contributed by atoms with E-state index in [1.54, 1.807) is 31.2 Å². The van der Waals surface area contributed by atoms with Gasteiger partial charge < -0.3 is 10.6 Å². The van der Waals surface area contributed by atoms with Crippen LogP contribution < -0.4 is 16.2 Å². The number of hydrogen-bond acceptors (Lipinski definition) is 4. The Hall–Kier alpha value is -3.12. The molecular weight excluding hydrogens is 376 g/mol. The van der Waals surface area contributed by atoms with Crippen LogP contribution in [-0.4, -0.2) is 15.5 Å². The van der Waals surface area contributed by atoms with Crippen LogP contribution in [0.4, 0.5) is 17.3 Å². The Kier molecular flexibility index (Phi) is 5.80. The van der Waals surface area contributed by atoms with Crippen LogP contribution in [0.3, 0.4) is 0 Å². The molecule has 1 amide bonds. The fourth-order valence-corrected chi connectivity index (χ4v) is 2.92. The first kappa shape index (κ1) is 19.6. The quantitative estimate of drug-likeness (QED) is 0.677. The molecule has 2 N–H and O–H groups in total. The van der Waals surface area contributed by atoms with Crippen molar-refractivity contribution in [1.82, 2.24) is 9.55 Å². The molecule has 0 aliphatic carbocycles. The largest absolute Gasteiger partial charge is 0.326 e.